The van der Waals surface area contributed by atoms with Gasteiger partial charge in [0.2, 0.25) is 6.19 Å². The molecular weight excluding hydrogens is 228 g/mol. The molecule has 9 nitrogen and oxygen atoms in total. The van der Waals surface area contributed by atoms with Crippen molar-refractivity contribution in [3.05, 3.63) is 34.4 Å². The van der Waals surface area contributed by atoms with Crippen molar-refractivity contribution in [3.8, 4) is 6.19 Å². The minimum atomic E-state index is -0.898. The molecule has 1 rings (SSSR count). The summed E-state index contributed by atoms with van der Waals surface area (Å²) >= 11 is 0. The Morgan fingerprint density at radius 3 is 3.12 bits per heavy atom. The molecule has 0 atom stereocenters. The first kappa shape index (κ1) is 12.3. The van der Waals surface area contributed by atoms with Crippen LogP contribution in [0.3, 0.4) is 0 Å². The molecule has 0 radical (unpaired) electrons. The molecule has 0 bridgehead atoms. The van der Waals surface area contributed by atoms with Gasteiger partial charge in [0, 0.05) is 18.9 Å². The molecule has 0 fully saturated rings. The van der Waals surface area contributed by atoms with E-state index in [9.17, 15) is 10.1 Å². The lowest BCUT2D eigenvalue weighted by Gasteiger charge is -2.06. The molecule has 0 amide bonds. The fraction of sp³-hybridized carbons (Fsp3) is 0.250. The molecule has 17 heavy (non-hydrogen) atoms. The lowest BCUT2D eigenvalue weighted by Crippen LogP contribution is -2.29. The van der Waals surface area contributed by atoms with E-state index in [4.69, 9.17) is 5.26 Å². The smallest absolute Gasteiger partial charge is 0.294 e. The van der Waals surface area contributed by atoms with Crippen molar-refractivity contribution in [3.63, 3.8) is 0 Å². The van der Waals surface area contributed by atoms with Gasteiger partial charge >= 0.3 is 0 Å². The SMILES string of the molecule is N#CN=C(NCCO[N+](=O)[O-])c1cnccn1. The zero-order valence-corrected chi connectivity index (χ0v) is 8.61. The Balaban J connectivity index is 2.55. The van der Waals surface area contributed by atoms with E-state index >= 15 is 0 Å². The highest BCUT2D eigenvalue weighted by molar-refractivity contribution is 5.97. The van der Waals surface area contributed by atoms with E-state index in [1.54, 1.807) is 6.19 Å². The maximum Gasteiger partial charge on any atom is 0.294 e. The van der Waals surface area contributed by atoms with E-state index in [-0.39, 0.29) is 19.0 Å². The zero-order valence-electron chi connectivity index (χ0n) is 8.61. The molecule has 1 aromatic rings. The molecule has 0 saturated carbocycles. The molecule has 88 valence electrons. The lowest BCUT2D eigenvalue weighted by atomic mass is 10.4. The van der Waals surface area contributed by atoms with Crippen LogP contribution in [-0.4, -0.2) is 34.0 Å². The standard InChI is InChI=1S/C8H8N6O3/c9-6-13-8(7-5-10-1-2-11-7)12-3-4-17-14(15)16/h1-2,5H,3-4H2,(H,12,13). The van der Waals surface area contributed by atoms with Gasteiger partial charge in [-0.1, -0.05) is 0 Å². The monoisotopic (exact) mass is 236 g/mol. The number of nitrogens with one attached hydrogen (secondary N) is 1. The summed E-state index contributed by atoms with van der Waals surface area (Å²) in [5.74, 6) is 0.188. The predicted molar refractivity (Wildman–Crippen MR) is 55.1 cm³/mol. The van der Waals surface area contributed by atoms with Crippen molar-refractivity contribution in [2.24, 2.45) is 4.99 Å². The van der Waals surface area contributed by atoms with Crippen LogP contribution in [-0.2, 0) is 4.84 Å². The molecule has 0 unspecified atom stereocenters. The minimum Gasteiger partial charge on any atom is -0.366 e. The topological polar surface area (TPSA) is 126 Å². The van der Waals surface area contributed by atoms with Crippen molar-refractivity contribution in [2.75, 3.05) is 13.2 Å². The van der Waals surface area contributed by atoms with Crippen molar-refractivity contribution in [2.45, 2.75) is 0 Å². The summed E-state index contributed by atoms with van der Waals surface area (Å²) in [5, 5.41) is 20.2. The molecule has 0 spiro atoms. The summed E-state index contributed by atoms with van der Waals surface area (Å²) < 4.78 is 0. The van der Waals surface area contributed by atoms with Crippen LogP contribution in [0.1, 0.15) is 5.69 Å². The van der Waals surface area contributed by atoms with Crippen molar-refractivity contribution in [1.82, 2.24) is 15.3 Å². The van der Waals surface area contributed by atoms with Gasteiger partial charge in [-0.25, -0.2) is 4.98 Å². The third-order valence-electron chi connectivity index (χ3n) is 1.56. The van der Waals surface area contributed by atoms with Gasteiger partial charge in [0.1, 0.15) is 12.3 Å². The Hall–Kier alpha value is -2.76. The number of hydrogen-bond acceptors (Lipinski definition) is 7. The molecule has 9 heteroatoms. The van der Waals surface area contributed by atoms with Crippen LogP contribution in [0.4, 0.5) is 0 Å². The van der Waals surface area contributed by atoms with Gasteiger partial charge in [-0.2, -0.15) is 10.3 Å². The van der Waals surface area contributed by atoms with Crippen LogP contribution in [0.5, 0.6) is 0 Å². The average Bonchev–Trinajstić information content (AvgIpc) is 2.34. The van der Waals surface area contributed by atoms with Crippen molar-refractivity contribution in [1.29, 1.82) is 5.26 Å². The van der Waals surface area contributed by atoms with E-state index in [0.29, 0.717) is 5.69 Å². The molecular formula is C8H8N6O3. The normalized spacial score (nSPS) is 10.4. The van der Waals surface area contributed by atoms with Gasteiger partial charge in [-0.15, -0.1) is 10.1 Å². The molecule has 1 N–H and O–H groups in total. The quantitative estimate of drug-likeness (QED) is 0.182. The van der Waals surface area contributed by atoms with E-state index in [1.807, 2.05) is 0 Å². The molecule has 1 aromatic heterocycles. The zero-order chi connectivity index (χ0) is 12.5. The number of nitrogens with zero attached hydrogens (tertiary/aromatic N) is 5. The van der Waals surface area contributed by atoms with Crippen LogP contribution in [0.2, 0.25) is 0 Å². The van der Waals surface area contributed by atoms with Crippen molar-refractivity contribution < 1.29 is 9.92 Å². The second-order valence-electron chi connectivity index (χ2n) is 2.63. The maximum atomic E-state index is 9.89. The number of amidine groups is 1. The minimum absolute atomic E-state index is 0.123. The Morgan fingerprint density at radius 2 is 2.53 bits per heavy atom. The first-order valence-corrected chi connectivity index (χ1v) is 4.48. The molecule has 0 aliphatic heterocycles. The summed E-state index contributed by atoms with van der Waals surface area (Å²) in [4.78, 5) is 25.2. The summed E-state index contributed by atoms with van der Waals surface area (Å²) in [6, 6.07) is 0. The molecule has 1 heterocycles. The predicted octanol–water partition coefficient (Wildman–Crippen LogP) is -0.498. The molecule has 0 aliphatic carbocycles. The van der Waals surface area contributed by atoms with E-state index in [0.717, 1.165) is 0 Å². The van der Waals surface area contributed by atoms with Gasteiger partial charge in [-0.05, 0) is 0 Å². The maximum absolute atomic E-state index is 9.89. The van der Waals surface area contributed by atoms with Gasteiger partial charge < -0.3 is 10.2 Å². The first-order valence-electron chi connectivity index (χ1n) is 4.48. The summed E-state index contributed by atoms with van der Waals surface area (Å²) in [7, 11) is 0. The number of nitriles is 1. The average molecular weight is 236 g/mol. The highest BCUT2D eigenvalue weighted by Gasteiger charge is 2.04. The Labute approximate surface area is 95.9 Å². The molecule has 0 aromatic carbocycles. The fourth-order valence-corrected chi connectivity index (χ4v) is 0.948. The van der Waals surface area contributed by atoms with Crippen LogP contribution in [0.15, 0.2) is 23.6 Å². The first-order chi connectivity index (χ1) is 8.24. The summed E-state index contributed by atoms with van der Waals surface area (Å²) in [6.07, 6.45) is 5.93. The van der Waals surface area contributed by atoms with E-state index in [2.05, 4.69) is 25.1 Å². The van der Waals surface area contributed by atoms with E-state index < -0.39 is 5.09 Å². The largest absolute Gasteiger partial charge is 0.366 e. The number of aliphatic imine (C=N–C) groups is 1. The van der Waals surface area contributed by atoms with E-state index in [1.165, 1.54) is 18.6 Å². The highest BCUT2D eigenvalue weighted by Crippen LogP contribution is 1.91. The second kappa shape index (κ2) is 6.67. The molecule has 0 aliphatic rings. The second-order valence-corrected chi connectivity index (χ2v) is 2.63. The van der Waals surface area contributed by atoms with Crippen LogP contribution < -0.4 is 5.32 Å². The number of aromatic nitrogens is 2. The lowest BCUT2D eigenvalue weighted by molar-refractivity contribution is -0.757. The third kappa shape index (κ3) is 4.52. The Bertz CT molecular complexity index is 440. The van der Waals surface area contributed by atoms with Gasteiger partial charge in [0.05, 0.1) is 6.20 Å². The number of rotatable bonds is 5. The summed E-state index contributed by atoms with van der Waals surface area (Å²) in [6.45, 7) is -0.0320. The number of hydrogen-bond donors (Lipinski definition) is 1. The van der Waals surface area contributed by atoms with Crippen LogP contribution in [0.25, 0.3) is 0 Å². The third-order valence-corrected chi connectivity index (χ3v) is 1.56. The van der Waals surface area contributed by atoms with Gasteiger partial charge in [0.15, 0.2) is 5.84 Å². The van der Waals surface area contributed by atoms with Gasteiger partial charge in [-0.3, -0.25) is 4.98 Å². The van der Waals surface area contributed by atoms with Crippen molar-refractivity contribution >= 4 is 5.84 Å². The van der Waals surface area contributed by atoms with Gasteiger partial charge in [0.25, 0.3) is 5.09 Å². The highest BCUT2D eigenvalue weighted by atomic mass is 16.9. The summed E-state index contributed by atoms with van der Waals surface area (Å²) in [5.41, 5.74) is 0.371. The Kier molecular flexibility index (Phi) is 4.83. The molecule has 0 saturated heterocycles. The van der Waals surface area contributed by atoms with Crippen LogP contribution >= 0.6 is 0 Å². The van der Waals surface area contributed by atoms with Crippen LogP contribution in [0, 0.1) is 21.6 Å². The Morgan fingerprint density at radius 1 is 1.71 bits per heavy atom. The fourth-order valence-electron chi connectivity index (χ4n) is 0.948.